The molecule has 8 aromatic rings. The topological polar surface area (TPSA) is 179 Å². The van der Waals surface area contributed by atoms with Gasteiger partial charge in [-0.15, -0.1) is 22.7 Å². The number of anilines is 1. The van der Waals surface area contributed by atoms with Gasteiger partial charge in [0.2, 0.25) is 5.72 Å². The molecule has 0 aromatic carbocycles. The van der Waals surface area contributed by atoms with Crippen LogP contribution in [-0.4, -0.2) is 55.5 Å². The molecule has 16 heteroatoms. The van der Waals surface area contributed by atoms with E-state index in [4.69, 9.17) is 24.2 Å². The molecule has 9 heterocycles. The number of H-pyrrole nitrogens is 4. The molecule has 0 saturated carbocycles. The maximum absolute atomic E-state index is 7.83. The standard InChI is InChI=1S/C30H22N12O2S2/c1-6-25(33-8-1)42-28(22-17-37-41-40-22,23-4-2-14-43-23)29(24-5-3-15-45-24,26-34-12-13-35-26)44-30(42,21-7-9-36-39-21)27-38-20(18-46-27)19-16-31-10-11-32-19/h1-18,33H,(H,34,35)(H,36,39)(H,37,40,41). The van der Waals surface area contributed by atoms with Crippen LogP contribution in [0.3, 0.4) is 0 Å². The zero-order chi connectivity index (χ0) is 30.6. The number of thiophene rings is 1. The van der Waals surface area contributed by atoms with Gasteiger partial charge in [-0.1, -0.05) is 6.07 Å². The number of furan rings is 1. The molecule has 9 rings (SSSR count). The fraction of sp³-hybridized carbons (Fsp3) is 0.100. The number of hydrogen-bond donors (Lipinski definition) is 4. The van der Waals surface area contributed by atoms with E-state index in [-0.39, 0.29) is 0 Å². The van der Waals surface area contributed by atoms with Crippen molar-refractivity contribution in [3.63, 3.8) is 0 Å². The van der Waals surface area contributed by atoms with E-state index in [1.807, 2.05) is 59.4 Å². The summed E-state index contributed by atoms with van der Waals surface area (Å²) < 4.78 is 14.3. The summed E-state index contributed by atoms with van der Waals surface area (Å²) in [6.45, 7) is 0. The lowest BCUT2D eigenvalue weighted by Crippen LogP contribution is -2.58. The zero-order valence-electron chi connectivity index (χ0n) is 23.6. The molecule has 14 nitrogen and oxygen atoms in total. The van der Waals surface area contributed by atoms with E-state index in [1.54, 1.807) is 49.6 Å². The Hall–Kier alpha value is -5.71. The van der Waals surface area contributed by atoms with Crippen LogP contribution in [0.5, 0.6) is 0 Å². The van der Waals surface area contributed by atoms with Crippen LogP contribution in [0.2, 0.25) is 0 Å². The van der Waals surface area contributed by atoms with Crippen molar-refractivity contribution in [2.24, 2.45) is 0 Å². The first kappa shape index (κ1) is 26.7. The van der Waals surface area contributed by atoms with Gasteiger partial charge in [0, 0.05) is 47.4 Å². The number of imidazole rings is 1. The normalized spacial score (nSPS) is 22.9. The average molecular weight is 647 g/mol. The molecule has 46 heavy (non-hydrogen) atoms. The van der Waals surface area contributed by atoms with E-state index in [1.165, 1.54) is 22.7 Å². The molecule has 1 aliphatic heterocycles. The summed E-state index contributed by atoms with van der Waals surface area (Å²) in [7, 11) is 0. The van der Waals surface area contributed by atoms with Crippen molar-refractivity contribution in [1.82, 2.24) is 55.5 Å². The number of nitrogens with zero attached hydrogens (tertiary/aromatic N) is 8. The predicted molar refractivity (Wildman–Crippen MR) is 166 cm³/mol. The molecular weight excluding hydrogens is 625 g/mol. The van der Waals surface area contributed by atoms with E-state index in [0.29, 0.717) is 45.2 Å². The van der Waals surface area contributed by atoms with E-state index in [9.17, 15) is 0 Å². The summed E-state index contributed by atoms with van der Waals surface area (Å²) in [5.74, 6) is 1.71. The quantitative estimate of drug-likeness (QED) is 0.180. The maximum atomic E-state index is 7.83. The molecule has 0 spiro atoms. The number of aromatic amines is 4. The fourth-order valence-corrected chi connectivity index (χ4v) is 8.33. The lowest BCUT2D eigenvalue weighted by Gasteiger charge is -2.45. The van der Waals surface area contributed by atoms with Crippen LogP contribution in [0.25, 0.3) is 11.4 Å². The largest absolute Gasteiger partial charge is 0.466 e. The third-order valence-corrected chi connectivity index (χ3v) is 10.0. The minimum atomic E-state index is -1.50. The monoisotopic (exact) mass is 646 g/mol. The summed E-state index contributed by atoms with van der Waals surface area (Å²) >= 11 is 2.95. The second-order valence-electron chi connectivity index (χ2n) is 10.4. The molecule has 1 fully saturated rings. The smallest absolute Gasteiger partial charge is 0.241 e. The highest BCUT2D eigenvalue weighted by Crippen LogP contribution is 2.68. The maximum Gasteiger partial charge on any atom is 0.241 e. The Kier molecular flexibility index (Phi) is 5.89. The van der Waals surface area contributed by atoms with Crippen LogP contribution >= 0.6 is 22.7 Å². The van der Waals surface area contributed by atoms with Crippen molar-refractivity contribution in [2.75, 3.05) is 4.90 Å². The molecule has 4 N–H and O–H groups in total. The van der Waals surface area contributed by atoms with Gasteiger partial charge in [0.25, 0.3) is 0 Å². The first-order valence-corrected chi connectivity index (χ1v) is 15.8. The number of ether oxygens (including phenoxy) is 1. The Labute approximate surface area is 267 Å². The SMILES string of the molecule is c1c[nH]c(N2C(c3ccn[nH]3)(c3nc(-c4cnccn4)cs3)OC(c3ncc[nH]3)(c3cccs3)C2(c2cn[nH]n2)c2ccco2)c1. The number of rotatable bonds is 8. The molecule has 1 saturated heterocycles. The third kappa shape index (κ3) is 3.45. The van der Waals surface area contributed by atoms with Gasteiger partial charge in [-0.2, -0.15) is 20.5 Å². The summed E-state index contributed by atoms with van der Waals surface area (Å²) in [6, 6.07) is 13.5. The predicted octanol–water partition coefficient (Wildman–Crippen LogP) is 4.77. The Bertz CT molecular complexity index is 2070. The molecule has 0 aliphatic carbocycles. The Balaban J connectivity index is 1.48. The Morgan fingerprint density at radius 2 is 1.85 bits per heavy atom. The van der Waals surface area contributed by atoms with Gasteiger partial charge in [-0.3, -0.25) is 20.0 Å². The number of thiazole rings is 1. The molecule has 0 radical (unpaired) electrons. The lowest BCUT2D eigenvalue weighted by molar-refractivity contribution is -0.0859. The molecule has 1 aliphatic rings. The molecule has 8 aromatic heterocycles. The molecule has 0 amide bonds. The summed E-state index contributed by atoms with van der Waals surface area (Å²) in [5, 5.41) is 24.1. The summed E-state index contributed by atoms with van der Waals surface area (Å²) in [4.78, 5) is 28.6. The Morgan fingerprint density at radius 1 is 0.848 bits per heavy atom. The van der Waals surface area contributed by atoms with E-state index in [2.05, 4.69) is 45.3 Å². The highest BCUT2D eigenvalue weighted by Gasteiger charge is 2.79. The summed E-state index contributed by atoms with van der Waals surface area (Å²) in [5.41, 5.74) is -2.00. The van der Waals surface area contributed by atoms with Crippen molar-refractivity contribution in [1.29, 1.82) is 0 Å². The average Bonchev–Trinajstić information content (AvgIpc) is 3.95. The minimum absolute atomic E-state index is 0.508. The fourth-order valence-electron chi connectivity index (χ4n) is 6.46. The molecule has 226 valence electrons. The van der Waals surface area contributed by atoms with Gasteiger partial charge in [0.05, 0.1) is 24.4 Å². The second-order valence-corrected chi connectivity index (χ2v) is 12.2. The van der Waals surface area contributed by atoms with Crippen molar-refractivity contribution < 1.29 is 9.15 Å². The summed E-state index contributed by atoms with van der Waals surface area (Å²) in [6.07, 6.45) is 15.3. The van der Waals surface area contributed by atoms with E-state index in [0.717, 1.165) is 4.88 Å². The van der Waals surface area contributed by atoms with Gasteiger partial charge < -0.3 is 19.1 Å². The number of hydrogen-bond acceptors (Lipinski definition) is 12. The first-order valence-electron chi connectivity index (χ1n) is 14.1. The van der Waals surface area contributed by atoms with Gasteiger partial charge in [-0.05, 0) is 41.8 Å². The van der Waals surface area contributed by atoms with Crippen LogP contribution < -0.4 is 4.90 Å². The number of nitrogens with one attached hydrogen (secondary N) is 4. The highest BCUT2D eigenvalue weighted by molar-refractivity contribution is 7.10. The van der Waals surface area contributed by atoms with Gasteiger partial charge in [0.15, 0.2) is 16.1 Å². The molecule has 3 atom stereocenters. The van der Waals surface area contributed by atoms with Crippen molar-refractivity contribution in [3.8, 4) is 11.4 Å². The zero-order valence-corrected chi connectivity index (χ0v) is 25.2. The minimum Gasteiger partial charge on any atom is -0.466 e. The van der Waals surface area contributed by atoms with Crippen molar-refractivity contribution in [3.05, 3.63) is 142 Å². The van der Waals surface area contributed by atoms with Crippen molar-refractivity contribution in [2.45, 2.75) is 16.9 Å². The van der Waals surface area contributed by atoms with E-state index < -0.39 is 16.9 Å². The second kappa shape index (κ2) is 10.2. The van der Waals surface area contributed by atoms with Crippen LogP contribution in [0.15, 0.2) is 113 Å². The van der Waals surface area contributed by atoms with Crippen molar-refractivity contribution >= 4 is 28.5 Å². The lowest BCUT2D eigenvalue weighted by atomic mass is 9.72. The van der Waals surface area contributed by atoms with Gasteiger partial charge in [0.1, 0.15) is 34.5 Å². The number of aromatic nitrogens is 11. The van der Waals surface area contributed by atoms with E-state index >= 15 is 0 Å². The van der Waals surface area contributed by atoms with Gasteiger partial charge >= 0.3 is 0 Å². The third-order valence-electron chi connectivity index (χ3n) is 8.13. The van der Waals surface area contributed by atoms with Crippen LogP contribution in [0.1, 0.15) is 32.9 Å². The molecular formula is C30H22N12O2S2. The highest BCUT2D eigenvalue weighted by atomic mass is 32.1. The first-order chi connectivity index (χ1) is 22.8. The van der Waals surface area contributed by atoms with Crippen LogP contribution in [-0.2, 0) is 21.6 Å². The molecule has 0 bridgehead atoms. The Morgan fingerprint density at radius 3 is 2.54 bits per heavy atom. The van der Waals surface area contributed by atoms with Crippen LogP contribution in [0.4, 0.5) is 5.82 Å². The van der Waals surface area contributed by atoms with Gasteiger partial charge in [-0.25, -0.2) is 9.97 Å². The van der Waals surface area contributed by atoms with Crippen LogP contribution in [0, 0.1) is 0 Å². The molecule has 3 unspecified atom stereocenters.